The minimum atomic E-state index is -1.34. The Hall–Kier alpha value is -1.60. The molecule has 0 radical (unpaired) electrons. The summed E-state index contributed by atoms with van der Waals surface area (Å²) in [6, 6.07) is 4.77. The van der Waals surface area contributed by atoms with Crippen LogP contribution in [0, 0.1) is 5.92 Å². The van der Waals surface area contributed by atoms with Crippen molar-refractivity contribution in [2.24, 2.45) is 5.92 Å². The van der Waals surface area contributed by atoms with Gasteiger partial charge in [0.05, 0.1) is 10.7 Å². The molecule has 5 rings (SSSR count). The van der Waals surface area contributed by atoms with Crippen LogP contribution in [0.1, 0.15) is 50.5 Å². The number of halogens is 1. The van der Waals surface area contributed by atoms with E-state index in [1.807, 2.05) is 6.07 Å². The minimum absolute atomic E-state index is 0.133. The number of rotatable bonds is 2. The van der Waals surface area contributed by atoms with Crippen molar-refractivity contribution in [3.05, 3.63) is 40.4 Å². The van der Waals surface area contributed by atoms with E-state index >= 15 is 0 Å². The van der Waals surface area contributed by atoms with Crippen molar-refractivity contribution in [1.82, 2.24) is 5.32 Å². The van der Waals surface area contributed by atoms with E-state index in [1.165, 1.54) is 24.8 Å². The second-order valence-electron chi connectivity index (χ2n) is 8.65. The first kappa shape index (κ1) is 19.4. The zero-order valence-electron chi connectivity index (χ0n) is 16.6. The number of esters is 1. The van der Waals surface area contributed by atoms with E-state index in [4.69, 9.17) is 21.2 Å². The third-order valence-electron chi connectivity index (χ3n) is 6.88. The Morgan fingerprint density at radius 1 is 1.34 bits per heavy atom. The number of allylic oxidation sites excluding steroid dienone is 1. The first-order valence-electron chi connectivity index (χ1n) is 10.6. The number of hydrogen-bond donors (Lipinski definition) is 2. The molecule has 2 aliphatic carbocycles. The lowest BCUT2D eigenvalue weighted by atomic mass is 9.76. The van der Waals surface area contributed by atoms with Gasteiger partial charge in [-0.25, -0.2) is 0 Å². The second kappa shape index (κ2) is 7.27. The summed E-state index contributed by atoms with van der Waals surface area (Å²) in [6.07, 6.45) is 8.25. The van der Waals surface area contributed by atoms with E-state index < -0.39 is 17.9 Å². The Morgan fingerprint density at radius 3 is 3.03 bits per heavy atom. The summed E-state index contributed by atoms with van der Waals surface area (Å²) in [5.41, 5.74) is 1.26. The molecule has 7 heteroatoms. The summed E-state index contributed by atoms with van der Waals surface area (Å²) in [6.45, 7) is 0. The molecule has 2 N–H and O–H groups in total. The molecule has 2 unspecified atom stereocenters. The number of hydrogen-bond acceptors (Lipinski definition) is 6. The molecular formula is C22H27ClN2O4. The van der Waals surface area contributed by atoms with Crippen LogP contribution < -0.4 is 10.4 Å². The van der Waals surface area contributed by atoms with Gasteiger partial charge in [-0.15, -0.1) is 0 Å². The van der Waals surface area contributed by atoms with Crippen LogP contribution in [0.5, 0.6) is 0 Å². The van der Waals surface area contributed by atoms with Crippen LogP contribution in [0.2, 0.25) is 5.02 Å². The highest BCUT2D eigenvalue weighted by Crippen LogP contribution is 2.47. The Balaban J connectivity index is 1.35. The van der Waals surface area contributed by atoms with E-state index in [0.29, 0.717) is 22.2 Å². The summed E-state index contributed by atoms with van der Waals surface area (Å²) in [4.78, 5) is 18.9. The zero-order chi connectivity index (χ0) is 20.2. The fourth-order valence-electron chi connectivity index (χ4n) is 5.45. The first-order valence-corrected chi connectivity index (χ1v) is 10.9. The molecule has 1 saturated carbocycles. The molecule has 0 aromatic heterocycles. The van der Waals surface area contributed by atoms with Crippen molar-refractivity contribution in [2.75, 3.05) is 12.1 Å². The minimum Gasteiger partial charge on any atom is -0.457 e. The number of carbonyl (C=O) groups is 1. The van der Waals surface area contributed by atoms with Crippen LogP contribution in [0.15, 0.2) is 29.8 Å². The quantitative estimate of drug-likeness (QED) is 0.566. The average molecular weight is 419 g/mol. The van der Waals surface area contributed by atoms with Gasteiger partial charge in [0.2, 0.25) is 0 Å². The average Bonchev–Trinajstić information content (AvgIpc) is 3.06. The maximum atomic E-state index is 13.0. The molecular weight excluding hydrogens is 392 g/mol. The van der Waals surface area contributed by atoms with Gasteiger partial charge in [-0.05, 0) is 56.1 Å². The number of carbonyl (C=O) groups excluding carboxylic acids is 1. The van der Waals surface area contributed by atoms with Crippen LogP contribution in [-0.4, -0.2) is 36.5 Å². The zero-order valence-corrected chi connectivity index (χ0v) is 17.3. The van der Waals surface area contributed by atoms with Gasteiger partial charge < -0.3 is 9.84 Å². The smallest absolute Gasteiger partial charge is 0.323 e. The molecule has 2 fully saturated rings. The summed E-state index contributed by atoms with van der Waals surface area (Å²) < 4.78 is 5.96. The molecule has 4 aliphatic rings. The molecule has 5 atom stereocenters. The number of para-hydroxylation sites is 1. The van der Waals surface area contributed by atoms with Gasteiger partial charge in [0.15, 0.2) is 6.23 Å². The number of fused-ring (bicyclic) bond motifs is 4. The van der Waals surface area contributed by atoms with E-state index in [-0.39, 0.29) is 18.5 Å². The van der Waals surface area contributed by atoms with Crippen LogP contribution in [0.25, 0.3) is 0 Å². The molecule has 29 heavy (non-hydrogen) atoms. The molecule has 156 valence electrons. The lowest BCUT2D eigenvalue weighted by Crippen LogP contribution is -2.51. The normalized spacial score (nSPS) is 36.0. The van der Waals surface area contributed by atoms with Gasteiger partial charge >= 0.3 is 5.97 Å². The second-order valence-corrected chi connectivity index (χ2v) is 9.06. The van der Waals surface area contributed by atoms with Gasteiger partial charge in [-0.3, -0.25) is 20.0 Å². The molecule has 1 aromatic carbocycles. The Kier molecular flexibility index (Phi) is 4.86. The van der Waals surface area contributed by atoms with Crippen LogP contribution >= 0.6 is 11.6 Å². The third kappa shape index (κ3) is 3.17. The fourth-order valence-corrected chi connectivity index (χ4v) is 5.74. The van der Waals surface area contributed by atoms with Crippen molar-refractivity contribution in [1.29, 1.82) is 0 Å². The predicted molar refractivity (Wildman–Crippen MR) is 109 cm³/mol. The molecule has 0 amide bonds. The standard InChI is InChI=1S/C22H27ClN2O4/c1-25-19-15(9-5-10-16(19)23)22(27)12-17(24-21(22)29-25)20(26)28-18-11-4-7-13-6-2-3-8-14(13)18/h5,8-10,13,17-18,21,24,27H,2-4,6-7,11-12H2,1H3/t13?,17-,18?,21-,22-/m0/s1. The van der Waals surface area contributed by atoms with E-state index in [0.717, 1.165) is 19.3 Å². The van der Waals surface area contributed by atoms with Crippen molar-refractivity contribution in [2.45, 2.75) is 68.9 Å². The lowest BCUT2D eigenvalue weighted by molar-refractivity contribution is -0.151. The Morgan fingerprint density at radius 2 is 2.17 bits per heavy atom. The maximum absolute atomic E-state index is 13.0. The van der Waals surface area contributed by atoms with Crippen molar-refractivity contribution in [3.8, 4) is 0 Å². The highest BCUT2D eigenvalue weighted by atomic mass is 35.5. The summed E-state index contributed by atoms with van der Waals surface area (Å²) in [5.74, 6) is 0.240. The third-order valence-corrected chi connectivity index (χ3v) is 7.18. The molecule has 2 aliphatic heterocycles. The van der Waals surface area contributed by atoms with Crippen molar-refractivity contribution in [3.63, 3.8) is 0 Å². The Labute approximate surface area is 175 Å². The highest BCUT2D eigenvalue weighted by Gasteiger charge is 2.55. The monoisotopic (exact) mass is 418 g/mol. The molecule has 1 aromatic rings. The molecule has 6 nitrogen and oxygen atoms in total. The predicted octanol–water partition coefficient (Wildman–Crippen LogP) is 3.42. The first-order chi connectivity index (χ1) is 14.0. The highest BCUT2D eigenvalue weighted by molar-refractivity contribution is 6.33. The Bertz CT molecular complexity index is 859. The number of aliphatic hydroxyl groups is 1. The summed E-state index contributed by atoms with van der Waals surface area (Å²) >= 11 is 6.33. The van der Waals surface area contributed by atoms with Gasteiger partial charge in [0.25, 0.3) is 0 Å². The summed E-state index contributed by atoms with van der Waals surface area (Å²) in [5, 5.41) is 16.6. The number of benzene rings is 1. The molecule has 0 spiro atoms. The largest absolute Gasteiger partial charge is 0.457 e. The molecule has 2 heterocycles. The number of nitrogens with one attached hydrogen (secondary N) is 1. The van der Waals surface area contributed by atoms with E-state index in [9.17, 15) is 9.90 Å². The number of anilines is 1. The van der Waals surface area contributed by atoms with Crippen LogP contribution in [0.4, 0.5) is 5.69 Å². The molecule has 0 bridgehead atoms. The fraction of sp³-hybridized carbons (Fsp3) is 0.591. The number of hydroxylamine groups is 1. The molecule has 1 saturated heterocycles. The van der Waals surface area contributed by atoms with E-state index in [2.05, 4.69) is 11.4 Å². The van der Waals surface area contributed by atoms with Gasteiger partial charge in [0.1, 0.15) is 17.7 Å². The van der Waals surface area contributed by atoms with Crippen LogP contribution in [-0.2, 0) is 20.0 Å². The lowest BCUT2D eigenvalue weighted by Gasteiger charge is -2.40. The van der Waals surface area contributed by atoms with Crippen molar-refractivity contribution < 1.29 is 19.5 Å². The number of nitrogens with zero attached hydrogens (tertiary/aromatic N) is 1. The van der Waals surface area contributed by atoms with Gasteiger partial charge in [-0.1, -0.05) is 29.8 Å². The van der Waals surface area contributed by atoms with Gasteiger partial charge in [0, 0.05) is 19.0 Å². The van der Waals surface area contributed by atoms with Crippen LogP contribution in [0.3, 0.4) is 0 Å². The summed E-state index contributed by atoms with van der Waals surface area (Å²) in [7, 11) is 1.75. The topological polar surface area (TPSA) is 71.0 Å². The van der Waals surface area contributed by atoms with Crippen molar-refractivity contribution >= 4 is 23.3 Å². The number of ether oxygens (including phenoxy) is 1. The van der Waals surface area contributed by atoms with E-state index in [1.54, 1.807) is 24.2 Å². The SMILES string of the molecule is CN1O[C@@H]2N[C@H](C(=O)OC3CCCC4CCCC=C43)C[C@]2(O)c2cccc(Cl)c21. The van der Waals surface area contributed by atoms with Gasteiger partial charge in [-0.2, -0.15) is 0 Å². The maximum Gasteiger partial charge on any atom is 0.323 e.